The van der Waals surface area contributed by atoms with Crippen molar-refractivity contribution in [2.75, 3.05) is 4.90 Å². The van der Waals surface area contributed by atoms with Crippen molar-refractivity contribution in [2.45, 2.75) is 0 Å². The summed E-state index contributed by atoms with van der Waals surface area (Å²) in [7, 11) is 0. The van der Waals surface area contributed by atoms with Gasteiger partial charge in [0, 0.05) is 22.2 Å². The van der Waals surface area contributed by atoms with Crippen molar-refractivity contribution >= 4 is 60.5 Å². The zero-order valence-electron chi connectivity index (χ0n) is 31.7. The molecule has 0 bridgehead atoms. The first kappa shape index (κ1) is 33.6. The molecule has 272 valence electrons. The summed E-state index contributed by atoms with van der Waals surface area (Å²) in [6.07, 6.45) is 0. The first-order valence-corrected chi connectivity index (χ1v) is 19.8. The second kappa shape index (κ2) is 14.1. The van der Waals surface area contributed by atoms with E-state index >= 15 is 0 Å². The van der Waals surface area contributed by atoms with Crippen LogP contribution in [0.25, 0.3) is 88.0 Å². The molecule has 0 saturated carbocycles. The quantitative estimate of drug-likeness (QED) is 0.162. The number of hydrogen-bond donors (Lipinski definition) is 0. The molecule has 58 heavy (non-hydrogen) atoms. The zero-order chi connectivity index (χ0) is 38.4. The lowest BCUT2D eigenvalue weighted by atomic mass is 9.94. The third-order valence-corrected chi connectivity index (χ3v) is 11.5. The Morgan fingerprint density at radius 3 is 1.79 bits per heavy atom. The summed E-state index contributed by atoms with van der Waals surface area (Å²) in [6, 6.07) is 80.6. The van der Waals surface area contributed by atoms with Gasteiger partial charge in [-0.2, -0.15) is 0 Å². The van der Waals surface area contributed by atoms with Crippen molar-refractivity contribution in [1.29, 1.82) is 0 Å². The molecule has 0 unspecified atom stereocenters. The van der Waals surface area contributed by atoms with E-state index in [-0.39, 0.29) is 0 Å². The number of fused-ring (bicyclic) bond motifs is 5. The molecule has 0 fully saturated rings. The highest BCUT2D eigenvalue weighted by molar-refractivity contribution is 6.19. The Balaban J connectivity index is 1.15. The van der Waals surface area contributed by atoms with Crippen molar-refractivity contribution in [3.8, 4) is 44.5 Å². The van der Waals surface area contributed by atoms with Crippen LogP contribution in [0.1, 0.15) is 0 Å². The van der Waals surface area contributed by atoms with Gasteiger partial charge in [-0.15, -0.1) is 0 Å². The average Bonchev–Trinajstić information content (AvgIpc) is 3.70. The third-order valence-electron chi connectivity index (χ3n) is 11.5. The fraction of sp³-hybridized carbons (Fsp3) is 0. The molecular weight excluding hydrogens is 703 g/mol. The molecule has 0 spiro atoms. The van der Waals surface area contributed by atoms with Crippen LogP contribution in [0.4, 0.5) is 17.1 Å². The van der Waals surface area contributed by atoms with Crippen LogP contribution in [0, 0.1) is 0 Å². The molecule has 0 aliphatic heterocycles. The molecule has 1 aromatic heterocycles. The summed E-state index contributed by atoms with van der Waals surface area (Å²) in [6.45, 7) is 0. The lowest BCUT2D eigenvalue weighted by molar-refractivity contribution is 0.670. The number of benzene rings is 10. The average molecular weight is 740 g/mol. The Morgan fingerprint density at radius 2 is 0.914 bits per heavy atom. The van der Waals surface area contributed by atoms with Crippen LogP contribution < -0.4 is 4.90 Å². The molecule has 0 aliphatic rings. The number of furan rings is 1. The van der Waals surface area contributed by atoms with Crippen LogP contribution in [0.3, 0.4) is 0 Å². The molecule has 0 amide bonds. The summed E-state index contributed by atoms with van der Waals surface area (Å²) in [5, 5.41) is 7.03. The van der Waals surface area contributed by atoms with Crippen LogP contribution in [-0.2, 0) is 0 Å². The maximum atomic E-state index is 6.91. The Bertz CT molecular complexity index is 3280. The lowest BCUT2D eigenvalue weighted by Gasteiger charge is -2.29. The van der Waals surface area contributed by atoms with E-state index in [2.05, 4.69) is 229 Å². The van der Waals surface area contributed by atoms with E-state index < -0.39 is 0 Å². The van der Waals surface area contributed by atoms with Gasteiger partial charge in [-0.25, -0.2) is 0 Å². The minimum Gasteiger partial charge on any atom is -0.455 e. The third kappa shape index (κ3) is 5.82. The van der Waals surface area contributed by atoms with Crippen molar-refractivity contribution in [3.05, 3.63) is 224 Å². The molecule has 0 atom stereocenters. The van der Waals surface area contributed by atoms with Gasteiger partial charge >= 0.3 is 0 Å². The summed E-state index contributed by atoms with van der Waals surface area (Å²) >= 11 is 0. The molecule has 11 rings (SSSR count). The lowest BCUT2D eigenvalue weighted by Crippen LogP contribution is -2.11. The molecular formula is C56H37NO. The van der Waals surface area contributed by atoms with Gasteiger partial charge in [-0.3, -0.25) is 0 Å². The van der Waals surface area contributed by atoms with Gasteiger partial charge in [-0.1, -0.05) is 176 Å². The van der Waals surface area contributed by atoms with Crippen LogP contribution in [-0.4, -0.2) is 0 Å². The predicted octanol–water partition coefficient (Wildman–Crippen LogP) is 16.0. The monoisotopic (exact) mass is 739 g/mol. The number of para-hydroxylation sites is 2. The van der Waals surface area contributed by atoms with Gasteiger partial charge in [0.1, 0.15) is 11.2 Å². The van der Waals surface area contributed by atoms with Crippen molar-refractivity contribution < 1.29 is 4.42 Å². The molecule has 0 N–H and O–H groups in total. The van der Waals surface area contributed by atoms with Gasteiger partial charge in [0.2, 0.25) is 0 Å². The highest BCUT2D eigenvalue weighted by Gasteiger charge is 2.24. The Labute approximate surface area is 337 Å². The SMILES string of the molecule is c1ccc(-c2cccc(-c3ccccc3N(c3ccc(-c4ccc5ccccc5c4)cc3)c3ccc(-c4cccc5ccccc45)c4oc5ccccc5c34)c2)cc1. The van der Waals surface area contributed by atoms with E-state index in [0.717, 1.165) is 61.3 Å². The molecule has 1 heterocycles. The highest BCUT2D eigenvalue weighted by atomic mass is 16.3. The first-order valence-electron chi connectivity index (χ1n) is 19.8. The van der Waals surface area contributed by atoms with Crippen LogP contribution in [0.15, 0.2) is 229 Å². The molecule has 2 nitrogen and oxygen atoms in total. The molecule has 0 radical (unpaired) electrons. The fourth-order valence-electron chi connectivity index (χ4n) is 8.66. The fourth-order valence-corrected chi connectivity index (χ4v) is 8.66. The molecule has 2 heteroatoms. The Hall–Kier alpha value is -7.68. The number of anilines is 3. The highest BCUT2D eigenvalue weighted by Crippen LogP contribution is 2.49. The number of hydrogen-bond acceptors (Lipinski definition) is 2. The molecule has 10 aromatic carbocycles. The summed E-state index contributed by atoms with van der Waals surface area (Å²) in [5.74, 6) is 0. The van der Waals surface area contributed by atoms with Crippen molar-refractivity contribution in [3.63, 3.8) is 0 Å². The second-order valence-corrected chi connectivity index (χ2v) is 14.9. The molecule has 0 saturated heterocycles. The molecule has 0 aliphatic carbocycles. The van der Waals surface area contributed by atoms with Gasteiger partial charge in [0.15, 0.2) is 0 Å². The Kier molecular flexibility index (Phi) is 8.19. The van der Waals surface area contributed by atoms with E-state index in [1.54, 1.807) is 0 Å². The van der Waals surface area contributed by atoms with E-state index in [9.17, 15) is 0 Å². The zero-order valence-corrected chi connectivity index (χ0v) is 31.7. The predicted molar refractivity (Wildman–Crippen MR) is 245 cm³/mol. The summed E-state index contributed by atoms with van der Waals surface area (Å²) in [5.41, 5.74) is 14.2. The molecule has 11 aromatic rings. The maximum Gasteiger partial charge on any atom is 0.145 e. The van der Waals surface area contributed by atoms with Crippen molar-refractivity contribution in [2.24, 2.45) is 0 Å². The first-order chi connectivity index (χ1) is 28.8. The van der Waals surface area contributed by atoms with Gasteiger partial charge in [-0.05, 0) is 103 Å². The van der Waals surface area contributed by atoms with E-state index in [4.69, 9.17) is 4.42 Å². The van der Waals surface area contributed by atoms with E-state index in [1.165, 1.54) is 43.8 Å². The Morgan fingerprint density at radius 1 is 0.310 bits per heavy atom. The van der Waals surface area contributed by atoms with E-state index in [0.29, 0.717) is 0 Å². The maximum absolute atomic E-state index is 6.91. The standard InChI is InChI=1S/C56H37NO/c1-2-14-38(15-3-1)43-20-12-21-45(37-43)48-23-8-10-26-52(48)57(46-32-30-40(31-33-46)44-29-28-39-16-4-5-18-42(39)36-44)53-35-34-50(49-25-13-19-41-17-6-7-22-47(41)49)56-55(53)51-24-9-11-27-54(51)58-56/h1-37H. The minimum absolute atomic E-state index is 0.863. The normalized spacial score (nSPS) is 11.4. The van der Waals surface area contributed by atoms with Crippen LogP contribution in [0.5, 0.6) is 0 Å². The smallest absolute Gasteiger partial charge is 0.145 e. The van der Waals surface area contributed by atoms with Gasteiger partial charge < -0.3 is 9.32 Å². The minimum atomic E-state index is 0.863. The summed E-state index contributed by atoms with van der Waals surface area (Å²) < 4.78 is 6.91. The van der Waals surface area contributed by atoms with Crippen molar-refractivity contribution in [1.82, 2.24) is 0 Å². The van der Waals surface area contributed by atoms with Gasteiger partial charge in [0.25, 0.3) is 0 Å². The van der Waals surface area contributed by atoms with Crippen LogP contribution in [0.2, 0.25) is 0 Å². The number of nitrogens with zero attached hydrogens (tertiary/aromatic N) is 1. The second-order valence-electron chi connectivity index (χ2n) is 14.9. The van der Waals surface area contributed by atoms with E-state index in [1.807, 2.05) is 0 Å². The topological polar surface area (TPSA) is 16.4 Å². The summed E-state index contributed by atoms with van der Waals surface area (Å²) in [4.78, 5) is 2.42. The van der Waals surface area contributed by atoms with Crippen LogP contribution >= 0.6 is 0 Å². The number of rotatable bonds is 7. The van der Waals surface area contributed by atoms with Gasteiger partial charge in [0.05, 0.1) is 16.8 Å². The largest absolute Gasteiger partial charge is 0.455 e.